The molecule has 0 saturated heterocycles. The van der Waals surface area contributed by atoms with Crippen LogP contribution in [0, 0.1) is 5.41 Å². The van der Waals surface area contributed by atoms with Crippen LogP contribution in [0.3, 0.4) is 0 Å². The minimum absolute atomic E-state index is 0.0476. The molecular formula is C9H17BrN4O2S. The van der Waals surface area contributed by atoms with E-state index in [9.17, 15) is 8.42 Å². The van der Waals surface area contributed by atoms with Gasteiger partial charge >= 0.3 is 0 Å². The van der Waals surface area contributed by atoms with Crippen molar-refractivity contribution in [1.29, 1.82) is 0 Å². The Hall–Kier alpha value is -0.470. The second-order valence-electron chi connectivity index (χ2n) is 5.02. The molecule has 0 aromatic carbocycles. The van der Waals surface area contributed by atoms with Crippen molar-refractivity contribution < 1.29 is 8.42 Å². The van der Waals surface area contributed by atoms with E-state index in [1.807, 2.05) is 0 Å². The molecular weight excluding hydrogens is 308 g/mol. The topological polar surface area (TPSA) is 76.9 Å². The molecule has 0 unspecified atom stereocenters. The summed E-state index contributed by atoms with van der Waals surface area (Å²) < 4.78 is 27.9. The summed E-state index contributed by atoms with van der Waals surface area (Å²) in [6, 6.07) is 0. The van der Waals surface area contributed by atoms with E-state index in [0.29, 0.717) is 6.54 Å². The molecule has 0 spiro atoms. The number of nitrogens with one attached hydrogen (secondary N) is 1. The predicted molar refractivity (Wildman–Crippen MR) is 68.0 cm³/mol. The summed E-state index contributed by atoms with van der Waals surface area (Å²) >= 11 is 3.07. The molecule has 0 amide bonds. The summed E-state index contributed by atoms with van der Waals surface area (Å²) in [5, 5.41) is 7.34. The molecule has 0 aliphatic carbocycles. The highest BCUT2D eigenvalue weighted by atomic mass is 79.9. The fraction of sp³-hybridized carbons (Fsp3) is 0.778. The lowest BCUT2D eigenvalue weighted by atomic mass is 9.93. The Morgan fingerprint density at radius 2 is 2.00 bits per heavy atom. The number of hydrogen-bond acceptors (Lipinski definition) is 4. The molecule has 0 radical (unpaired) electrons. The van der Waals surface area contributed by atoms with Crippen molar-refractivity contribution in [3.05, 3.63) is 4.60 Å². The van der Waals surface area contributed by atoms with Gasteiger partial charge in [0.05, 0.1) is 0 Å². The predicted octanol–water partition coefficient (Wildman–Crippen LogP) is 1.29. The average Bonchev–Trinajstić information content (AvgIpc) is 2.43. The lowest BCUT2D eigenvalue weighted by molar-refractivity contribution is 0.378. The van der Waals surface area contributed by atoms with Gasteiger partial charge in [-0.3, -0.25) is 0 Å². The second-order valence-corrected chi connectivity index (χ2v) is 7.45. The van der Waals surface area contributed by atoms with Crippen LogP contribution in [-0.4, -0.2) is 30.0 Å². The molecule has 0 bridgehead atoms. The minimum Gasteiger partial charge on any atom is -0.235 e. The first-order chi connectivity index (χ1) is 7.63. The molecule has 0 atom stereocenters. The summed E-state index contributed by atoms with van der Waals surface area (Å²) in [5.74, 6) is 0. The van der Waals surface area contributed by atoms with E-state index in [-0.39, 0.29) is 15.0 Å². The van der Waals surface area contributed by atoms with E-state index < -0.39 is 10.0 Å². The van der Waals surface area contributed by atoms with Crippen molar-refractivity contribution in [3.8, 4) is 0 Å². The molecule has 0 saturated carbocycles. The maximum Gasteiger partial charge on any atom is 0.260 e. The van der Waals surface area contributed by atoms with Gasteiger partial charge in [-0.15, -0.1) is 5.10 Å². The molecule has 1 rings (SSSR count). The zero-order valence-electron chi connectivity index (χ0n) is 10.4. The van der Waals surface area contributed by atoms with Gasteiger partial charge < -0.3 is 0 Å². The van der Waals surface area contributed by atoms with E-state index >= 15 is 0 Å². The standard InChI is InChI=1S/C9H17BrN4O2S/c1-9(2,3)5-6-11-17(15,16)8-7(10)12-13-14(8)4/h11H,5-6H2,1-4H3. The quantitative estimate of drug-likeness (QED) is 0.905. The first-order valence-corrected chi connectivity index (χ1v) is 7.46. The molecule has 1 aromatic heterocycles. The van der Waals surface area contributed by atoms with Crippen LogP contribution in [0.1, 0.15) is 27.2 Å². The van der Waals surface area contributed by atoms with E-state index in [4.69, 9.17) is 0 Å². The maximum atomic E-state index is 12.0. The summed E-state index contributed by atoms with van der Waals surface area (Å²) in [5.41, 5.74) is 0.0878. The first-order valence-electron chi connectivity index (χ1n) is 5.18. The molecule has 0 fully saturated rings. The molecule has 1 aromatic rings. The van der Waals surface area contributed by atoms with Gasteiger partial charge in [-0.05, 0) is 27.8 Å². The van der Waals surface area contributed by atoms with Gasteiger partial charge in [-0.25, -0.2) is 17.8 Å². The van der Waals surface area contributed by atoms with Gasteiger partial charge in [0.1, 0.15) is 0 Å². The van der Waals surface area contributed by atoms with E-state index in [2.05, 4.69) is 51.7 Å². The largest absolute Gasteiger partial charge is 0.260 e. The Morgan fingerprint density at radius 1 is 1.41 bits per heavy atom. The van der Waals surface area contributed by atoms with E-state index in [1.165, 1.54) is 11.7 Å². The number of hydrogen-bond donors (Lipinski definition) is 1. The Balaban J connectivity index is 2.77. The molecule has 98 valence electrons. The number of aromatic nitrogens is 3. The fourth-order valence-corrected chi connectivity index (χ4v) is 3.36. The van der Waals surface area contributed by atoms with Gasteiger partial charge in [-0.1, -0.05) is 26.0 Å². The average molecular weight is 325 g/mol. The van der Waals surface area contributed by atoms with Crippen molar-refractivity contribution >= 4 is 26.0 Å². The van der Waals surface area contributed by atoms with Crippen LogP contribution in [0.4, 0.5) is 0 Å². The van der Waals surface area contributed by atoms with Crippen molar-refractivity contribution in [2.75, 3.05) is 6.54 Å². The maximum absolute atomic E-state index is 12.0. The molecule has 0 aliphatic rings. The van der Waals surface area contributed by atoms with E-state index in [0.717, 1.165) is 6.42 Å². The van der Waals surface area contributed by atoms with Crippen LogP contribution in [0.15, 0.2) is 9.63 Å². The normalized spacial score (nSPS) is 13.0. The third kappa shape index (κ3) is 4.04. The SMILES string of the molecule is Cn1nnc(Br)c1S(=O)(=O)NCCC(C)(C)C. The summed E-state index contributed by atoms with van der Waals surface area (Å²) in [4.78, 5) is 0. The van der Waals surface area contributed by atoms with E-state index in [1.54, 1.807) is 0 Å². The molecule has 6 nitrogen and oxygen atoms in total. The monoisotopic (exact) mass is 324 g/mol. The number of sulfonamides is 1. The summed E-state index contributed by atoms with van der Waals surface area (Å²) in [7, 11) is -2.02. The third-order valence-electron chi connectivity index (χ3n) is 2.16. The number of aryl methyl sites for hydroxylation is 1. The Morgan fingerprint density at radius 3 is 2.41 bits per heavy atom. The van der Waals surface area contributed by atoms with Crippen LogP contribution in [0.5, 0.6) is 0 Å². The number of rotatable bonds is 4. The summed E-state index contributed by atoms with van der Waals surface area (Å²) in [6.45, 7) is 6.57. The van der Waals surface area contributed by atoms with Crippen LogP contribution in [0.2, 0.25) is 0 Å². The first kappa shape index (κ1) is 14.6. The number of nitrogens with zero attached hydrogens (tertiary/aromatic N) is 3. The molecule has 8 heteroatoms. The highest BCUT2D eigenvalue weighted by Crippen LogP contribution is 2.20. The highest BCUT2D eigenvalue weighted by Gasteiger charge is 2.24. The van der Waals surface area contributed by atoms with Crippen molar-refractivity contribution in [2.45, 2.75) is 32.2 Å². The van der Waals surface area contributed by atoms with Crippen LogP contribution in [0.25, 0.3) is 0 Å². The lowest BCUT2D eigenvalue weighted by Gasteiger charge is -2.17. The molecule has 17 heavy (non-hydrogen) atoms. The Kier molecular flexibility index (Phi) is 4.32. The molecule has 0 aliphatic heterocycles. The molecule has 1 heterocycles. The number of halogens is 1. The van der Waals surface area contributed by atoms with Gasteiger partial charge in [0.2, 0.25) is 5.03 Å². The van der Waals surface area contributed by atoms with Crippen molar-refractivity contribution in [2.24, 2.45) is 12.5 Å². The third-order valence-corrected chi connectivity index (χ3v) is 4.51. The highest BCUT2D eigenvalue weighted by molar-refractivity contribution is 9.10. The Bertz CT molecular complexity index is 470. The van der Waals surface area contributed by atoms with Gasteiger partial charge in [-0.2, -0.15) is 0 Å². The van der Waals surface area contributed by atoms with Gasteiger partial charge in [0.25, 0.3) is 10.0 Å². The Labute approximate surface area is 110 Å². The van der Waals surface area contributed by atoms with Gasteiger partial charge in [0, 0.05) is 13.6 Å². The zero-order chi connectivity index (χ0) is 13.3. The molecule has 1 N–H and O–H groups in total. The van der Waals surface area contributed by atoms with Crippen molar-refractivity contribution in [1.82, 2.24) is 19.7 Å². The summed E-state index contributed by atoms with van der Waals surface area (Å²) in [6.07, 6.45) is 0.759. The minimum atomic E-state index is -3.56. The van der Waals surface area contributed by atoms with Crippen LogP contribution >= 0.6 is 15.9 Å². The fourth-order valence-electron chi connectivity index (χ4n) is 1.24. The van der Waals surface area contributed by atoms with Crippen LogP contribution in [-0.2, 0) is 17.1 Å². The lowest BCUT2D eigenvalue weighted by Crippen LogP contribution is -2.29. The van der Waals surface area contributed by atoms with Gasteiger partial charge in [0.15, 0.2) is 4.60 Å². The zero-order valence-corrected chi connectivity index (χ0v) is 12.8. The second kappa shape index (κ2) is 5.03. The van der Waals surface area contributed by atoms with Crippen molar-refractivity contribution in [3.63, 3.8) is 0 Å². The smallest absolute Gasteiger partial charge is 0.235 e. The van der Waals surface area contributed by atoms with Crippen LogP contribution < -0.4 is 4.72 Å².